The third-order valence-electron chi connectivity index (χ3n) is 2.35. The lowest BCUT2D eigenvalue weighted by molar-refractivity contribution is 0.0484. The molecule has 0 aromatic heterocycles. The Morgan fingerprint density at radius 2 is 2.25 bits per heavy atom. The van der Waals surface area contributed by atoms with Crippen molar-refractivity contribution in [2.45, 2.75) is 38.8 Å². The van der Waals surface area contributed by atoms with Gasteiger partial charge >= 0.3 is 6.09 Å². The molecule has 1 aliphatic heterocycles. The predicted molar refractivity (Wildman–Crippen MR) is 59.7 cm³/mol. The number of piperidine rings is 1. The fourth-order valence-electron chi connectivity index (χ4n) is 1.63. The number of carbonyl (C=O) groups is 1. The van der Waals surface area contributed by atoms with Gasteiger partial charge in [0.25, 0.3) is 0 Å². The number of carbonyl (C=O) groups excluding carboxylic acids is 1. The lowest BCUT2D eigenvalue weighted by Gasteiger charge is -2.29. The van der Waals surface area contributed by atoms with Crippen LogP contribution in [0.3, 0.4) is 0 Å². The minimum atomic E-state index is -0.501. The largest absolute Gasteiger partial charge is 0.444 e. The van der Waals surface area contributed by atoms with Gasteiger partial charge in [-0.1, -0.05) is 0 Å². The fraction of sp³-hybridized carbons (Fsp3) is 0.818. The molecular weight excluding hydrogens is 206 g/mol. The maximum Gasteiger partial charge on any atom is 0.407 e. The van der Waals surface area contributed by atoms with Crippen LogP contribution in [0, 0.1) is 17.2 Å². The van der Waals surface area contributed by atoms with E-state index in [0.29, 0.717) is 6.54 Å². The van der Waals surface area contributed by atoms with E-state index in [1.807, 2.05) is 20.8 Å². The average Bonchev–Trinajstić information content (AvgIpc) is 2.15. The highest BCUT2D eigenvalue weighted by Crippen LogP contribution is 2.12. The Morgan fingerprint density at radius 1 is 1.56 bits per heavy atom. The monoisotopic (exact) mass is 225 g/mol. The SMILES string of the molecule is CC(C)(C)OC(=O)N[C@H]1CCNC[C@@H]1C#N. The van der Waals surface area contributed by atoms with Crippen LogP contribution in [0.15, 0.2) is 0 Å². The minimum Gasteiger partial charge on any atom is -0.444 e. The van der Waals surface area contributed by atoms with Crippen molar-refractivity contribution in [3.63, 3.8) is 0 Å². The summed E-state index contributed by atoms with van der Waals surface area (Å²) in [6, 6.07) is 2.08. The van der Waals surface area contributed by atoms with E-state index in [9.17, 15) is 4.79 Å². The van der Waals surface area contributed by atoms with Gasteiger partial charge in [0.05, 0.1) is 18.0 Å². The first-order chi connectivity index (χ1) is 7.42. The number of nitriles is 1. The lowest BCUT2D eigenvalue weighted by Crippen LogP contribution is -2.50. The van der Waals surface area contributed by atoms with Gasteiger partial charge in [0.15, 0.2) is 0 Å². The summed E-state index contributed by atoms with van der Waals surface area (Å²) < 4.78 is 5.15. The van der Waals surface area contributed by atoms with Crippen molar-refractivity contribution in [1.82, 2.24) is 10.6 Å². The average molecular weight is 225 g/mol. The predicted octanol–water partition coefficient (Wildman–Crippen LogP) is 1.01. The molecule has 0 bridgehead atoms. The van der Waals surface area contributed by atoms with E-state index in [1.165, 1.54) is 0 Å². The Morgan fingerprint density at radius 3 is 2.81 bits per heavy atom. The van der Waals surface area contributed by atoms with Crippen LogP contribution in [0.2, 0.25) is 0 Å². The smallest absolute Gasteiger partial charge is 0.407 e. The first kappa shape index (κ1) is 12.8. The molecule has 1 fully saturated rings. The second kappa shape index (κ2) is 5.17. The third kappa shape index (κ3) is 4.07. The maximum atomic E-state index is 11.5. The van der Waals surface area contributed by atoms with Gasteiger partial charge in [0, 0.05) is 6.54 Å². The third-order valence-corrected chi connectivity index (χ3v) is 2.35. The Bertz CT molecular complexity index is 291. The quantitative estimate of drug-likeness (QED) is 0.698. The van der Waals surface area contributed by atoms with Gasteiger partial charge in [0.2, 0.25) is 0 Å². The summed E-state index contributed by atoms with van der Waals surface area (Å²) in [5, 5.41) is 14.8. The number of alkyl carbamates (subject to hydrolysis) is 1. The molecule has 0 radical (unpaired) electrons. The number of hydrogen-bond donors (Lipinski definition) is 2. The van der Waals surface area contributed by atoms with E-state index in [0.717, 1.165) is 13.0 Å². The van der Waals surface area contributed by atoms with Crippen LogP contribution < -0.4 is 10.6 Å². The number of nitrogens with zero attached hydrogens (tertiary/aromatic N) is 1. The molecule has 5 heteroatoms. The van der Waals surface area contributed by atoms with E-state index < -0.39 is 11.7 Å². The van der Waals surface area contributed by atoms with Gasteiger partial charge in [-0.05, 0) is 33.7 Å². The number of amides is 1. The Labute approximate surface area is 96.2 Å². The molecule has 0 unspecified atom stereocenters. The summed E-state index contributed by atoms with van der Waals surface area (Å²) in [5.41, 5.74) is -0.501. The second-order valence-corrected chi connectivity index (χ2v) is 4.98. The van der Waals surface area contributed by atoms with Crippen molar-refractivity contribution in [2.75, 3.05) is 13.1 Å². The summed E-state index contributed by atoms with van der Waals surface area (Å²) in [4.78, 5) is 11.5. The number of nitrogens with one attached hydrogen (secondary N) is 2. The molecular formula is C11H19N3O2. The second-order valence-electron chi connectivity index (χ2n) is 4.98. The van der Waals surface area contributed by atoms with Crippen LogP contribution in [0.25, 0.3) is 0 Å². The zero-order valence-electron chi connectivity index (χ0n) is 10.0. The molecule has 1 saturated heterocycles. The van der Waals surface area contributed by atoms with Crippen molar-refractivity contribution >= 4 is 6.09 Å². The van der Waals surface area contributed by atoms with Crippen LogP contribution in [0.4, 0.5) is 4.79 Å². The molecule has 0 aromatic rings. The zero-order valence-corrected chi connectivity index (χ0v) is 10.0. The van der Waals surface area contributed by atoms with Gasteiger partial charge < -0.3 is 15.4 Å². The Balaban J connectivity index is 2.46. The number of rotatable bonds is 1. The number of hydrogen-bond acceptors (Lipinski definition) is 4. The van der Waals surface area contributed by atoms with Gasteiger partial charge in [-0.3, -0.25) is 0 Å². The summed E-state index contributed by atoms with van der Waals surface area (Å²) in [7, 11) is 0. The molecule has 1 heterocycles. The summed E-state index contributed by atoms with van der Waals surface area (Å²) in [6.45, 7) is 6.89. The molecule has 0 saturated carbocycles. The molecule has 2 N–H and O–H groups in total. The lowest BCUT2D eigenvalue weighted by atomic mass is 9.95. The van der Waals surface area contributed by atoms with Crippen LogP contribution in [0.1, 0.15) is 27.2 Å². The molecule has 0 aromatic carbocycles. The topological polar surface area (TPSA) is 74.2 Å². The van der Waals surface area contributed by atoms with E-state index in [4.69, 9.17) is 10.00 Å². The Hall–Kier alpha value is -1.28. The highest BCUT2D eigenvalue weighted by atomic mass is 16.6. The van der Waals surface area contributed by atoms with Gasteiger partial charge in [0.1, 0.15) is 5.60 Å². The highest BCUT2D eigenvalue weighted by Gasteiger charge is 2.27. The minimum absolute atomic E-state index is 0.110. The van der Waals surface area contributed by atoms with Crippen molar-refractivity contribution in [3.8, 4) is 6.07 Å². The van der Waals surface area contributed by atoms with E-state index >= 15 is 0 Å². The molecule has 16 heavy (non-hydrogen) atoms. The Kier molecular flexibility index (Phi) is 4.13. The first-order valence-electron chi connectivity index (χ1n) is 5.52. The van der Waals surface area contributed by atoms with Crippen molar-refractivity contribution in [3.05, 3.63) is 0 Å². The van der Waals surface area contributed by atoms with Crippen molar-refractivity contribution in [1.29, 1.82) is 5.26 Å². The summed E-state index contributed by atoms with van der Waals surface area (Å²) in [6.07, 6.45) is 0.317. The standard InChI is InChI=1S/C11H19N3O2/c1-11(2,3)16-10(15)14-9-4-5-13-7-8(9)6-12/h8-9,13H,4-5,7H2,1-3H3,(H,14,15)/t8-,9-/m0/s1. The van der Waals surface area contributed by atoms with Gasteiger partial charge in [-0.2, -0.15) is 5.26 Å². The first-order valence-corrected chi connectivity index (χ1v) is 5.52. The zero-order chi connectivity index (χ0) is 12.2. The van der Waals surface area contributed by atoms with E-state index in [1.54, 1.807) is 0 Å². The molecule has 1 rings (SSSR count). The molecule has 1 aliphatic rings. The van der Waals surface area contributed by atoms with Crippen LogP contribution in [0.5, 0.6) is 0 Å². The number of ether oxygens (including phenoxy) is 1. The summed E-state index contributed by atoms with van der Waals surface area (Å²) in [5.74, 6) is -0.179. The molecule has 0 aliphatic carbocycles. The van der Waals surface area contributed by atoms with Gasteiger partial charge in [-0.15, -0.1) is 0 Å². The van der Waals surface area contributed by atoms with Crippen LogP contribution in [-0.4, -0.2) is 30.8 Å². The van der Waals surface area contributed by atoms with Crippen LogP contribution in [-0.2, 0) is 4.74 Å². The van der Waals surface area contributed by atoms with Crippen LogP contribution >= 0.6 is 0 Å². The van der Waals surface area contributed by atoms with Crippen molar-refractivity contribution < 1.29 is 9.53 Å². The summed E-state index contributed by atoms with van der Waals surface area (Å²) >= 11 is 0. The van der Waals surface area contributed by atoms with Gasteiger partial charge in [-0.25, -0.2) is 4.79 Å². The highest BCUT2D eigenvalue weighted by molar-refractivity contribution is 5.68. The normalized spacial score (nSPS) is 25.6. The van der Waals surface area contributed by atoms with E-state index in [2.05, 4.69) is 16.7 Å². The maximum absolute atomic E-state index is 11.5. The molecule has 0 spiro atoms. The molecule has 1 amide bonds. The molecule has 2 atom stereocenters. The molecule has 5 nitrogen and oxygen atoms in total. The van der Waals surface area contributed by atoms with Crippen molar-refractivity contribution in [2.24, 2.45) is 5.92 Å². The van der Waals surface area contributed by atoms with E-state index in [-0.39, 0.29) is 12.0 Å². The fourth-order valence-corrected chi connectivity index (χ4v) is 1.63. The molecule has 90 valence electrons.